The fourth-order valence-electron chi connectivity index (χ4n) is 6.42. The van der Waals surface area contributed by atoms with Gasteiger partial charge in [0.2, 0.25) is 5.95 Å². The van der Waals surface area contributed by atoms with Crippen molar-refractivity contribution in [1.82, 2.24) is 14.9 Å². The first-order valence-corrected chi connectivity index (χ1v) is 18.2. The maximum absolute atomic E-state index is 13.3. The standard InChI is InChI=1S/C32H39ClN7O4P/c1-20-15-25(28(42-2)16-26(20)39-11-8-22(9-12-39)40-18-21(19-40)7-10-34)37-32-35-17-23(33)31(38-32)36-24-5-6-27-29(44-14-13-43-27)30(24)45(3,4)41/h5-6,15-17,21-22H,7-9,11-14,18-19H2,1-4H3,(H2,35,36,37,38). The van der Waals surface area contributed by atoms with E-state index < -0.39 is 7.14 Å². The fourth-order valence-corrected chi connectivity index (χ4v) is 7.94. The van der Waals surface area contributed by atoms with E-state index in [4.69, 9.17) is 31.1 Å². The number of anilines is 5. The Morgan fingerprint density at radius 2 is 1.89 bits per heavy atom. The molecule has 6 rings (SSSR count). The number of halogens is 1. The van der Waals surface area contributed by atoms with Crippen LogP contribution in [0.15, 0.2) is 30.5 Å². The number of fused-ring (bicyclic) bond motifs is 1. The van der Waals surface area contributed by atoms with Gasteiger partial charge in [-0.25, -0.2) is 4.98 Å². The van der Waals surface area contributed by atoms with Gasteiger partial charge in [-0.2, -0.15) is 10.2 Å². The minimum Gasteiger partial charge on any atom is -0.494 e. The number of rotatable bonds is 9. The number of nitriles is 1. The van der Waals surface area contributed by atoms with Crippen molar-refractivity contribution >= 4 is 52.9 Å². The first-order chi connectivity index (χ1) is 21.6. The summed E-state index contributed by atoms with van der Waals surface area (Å²) in [5.41, 5.74) is 3.58. The van der Waals surface area contributed by atoms with Crippen LogP contribution in [0.1, 0.15) is 24.8 Å². The highest BCUT2D eigenvalue weighted by Gasteiger charge is 2.34. The maximum atomic E-state index is 13.3. The predicted octanol–water partition coefficient (Wildman–Crippen LogP) is 5.77. The number of aryl methyl sites for hydroxylation is 1. The number of aromatic nitrogens is 2. The second kappa shape index (κ2) is 13.0. The fraction of sp³-hybridized carbons (Fsp3) is 0.469. The van der Waals surface area contributed by atoms with E-state index in [-0.39, 0.29) is 0 Å². The lowest BCUT2D eigenvalue weighted by atomic mass is 9.91. The van der Waals surface area contributed by atoms with Gasteiger partial charge in [-0.15, -0.1) is 0 Å². The van der Waals surface area contributed by atoms with Gasteiger partial charge >= 0.3 is 0 Å². The normalized spacial score (nSPS) is 17.4. The summed E-state index contributed by atoms with van der Waals surface area (Å²) in [6, 6.07) is 10.6. The summed E-state index contributed by atoms with van der Waals surface area (Å²) in [5, 5.41) is 16.4. The zero-order valence-corrected chi connectivity index (χ0v) is 27.8. The molecule has 238 valence electrons. The van der Waals surface area contributed by atoms with E-state index in [0.29, 0.717) is 76.6 Å². The summed E-state index contributed by atoms with van der Waals surface area (Å²) in [6.07, 6.45) is 4.39. The molecule has 2 N–H and O–H groups in total. The van der Waals surface area contributed by atoms with Gasteiger partial charge in [0.05, 0.1) is 36.1 Å². The Bertz CT molecular complexity index is 1660. The van der Waals surface area contributed by atoms with Crippen LogP contribution in [0, 0.1) is 24.2 Å². The van der Waals surface area contributed by atoms with Crippen LogP contribution >= 0.6 is 18.7 Å². The SMILES string of the molecule is COc1cc(N2CCC(N3CC(CC#N)C3)CC2)c(C)cc1Nc1ncc(Cl)c(Nc2ccc3c(c2P(C)(C)=O)OCCO3)n1. The lowest BCUT2D eigenvalue weighted by Crippen LogP contribution is -2.55. The molecular weight excluding hydrogens is 613 g/mol. The summed E-state index contributed by atoms with van der Waals surface area (Å²) < 4.78 is 30.7. The van der Waals surface area contributed by atoms with Gasteiger partial charge in [0.1, 0.15) is 31.1 Å². The lowest BCUT2D eigenvalue weighted by Gasteiger charge is -2.47. The van der Waals surface area contributed by atoms with Gasteiger partial charge in [0.25, 0.3) is 0 Å². The number of likely N-dealkylation sites (tertiary alicyclic amines) is 1. The molecule has 2 saturated heterocycles. The van der Waals surface area contributed by atoms with Gasteiger partial charge in [0.15, 0.2) is 17.3 Å². The monoisotopic (exact) mass is 651 g/mol. The molecule has 0 amide bonds. The van der Waals surface area contributed by atoms with Crippen LogP contribution in [0.2, 0.25) is 5.02 Å². The molecule has 13 heteroatoms. The van der Waals surface area contributed by atoms with E-state index in [9.17, 15) is 4.57 Å². The Morgan fingerprint density at radius 3 is 2.60 bits per heavy atom. The molecule has 0 aliphatic carbocycles. The Labute approximate surface area is 269 Å². The molecule has 0 spiro atoms. The molecule has 3 aliphatic heterocycles. The molecule has 0 radical (unpaired) electrons. The third kappa shape index (κ3) is 6.64. The Kier molecular flexibility index (Phi) is 9.00. The molecule has 45 heavy (non-hydrogen) atoms. The summed E-state index contributed by atoms with van der Waals surface area (Å²) in [6.45, 7) is 10.3. The van der Waals surface area contributed by atoms with Gasteiger partial charge in [0, 0.05) is 50.4 Å². The van der Waals surface area contributed by atoms with Crippen molar-refractivity contribution in [2.24, 2.45) is 5.92 Å². The second-order valence-corrected chi connectivity index (χ2v) is 15.8. The van der Waals surface area contributed by atoms with Crippen LogP contribution in [0.5, 0.6) is 17.2 Å². The Morgan fingerprint density at radius 1 is 1.13 bits per heavy atom. The largest absolute Gasteiger partial charge is 0.494 e. The highest BCUT2D eigenvalue weighted by Crippen LogP contribution is 2.47. The average molecular weight is 652 g/mol. The number of ether oxygens (including phenoxy) is 3. The molecular formula is C32H39ClN7O4P. The molecule has 11 nitrogen and oxygen atoms in total. The van der Waals surface area contributed by atoms with Crippen LogP contribution in [-0.4, -0.2) is 80.7 Å². The van der Waals surface area contributed by atoms with E-state index in [1.807, 2.05) is 0 Å². The van der Waals surface area contributed by atoms with Crippen LogP contribution in [-0.2, 0) is 4.57 Å². The van der Waals surface area contributed by atoms with Gasteiger partial charge < -0.3 is 34.3 Å². The van der Waals surface area contributed by atoms with Crippen LogP contribution < -0.4 is 35.0 Å². The summed E-state index contributed by atoms with van der Waals surface area (Å²) in [4.78, 5) is 14.0. The van der Waals surface area contributed by atoms with E-state index in [1.54, 1.807) is 32.6 Å². The minimum absolute atomic E-state index is 0.309. The highest BCUT2D eigenvalue weighted by molar-refractivity contribution is 7.70. The molecule has 3 aromatic rings. The Balaban J connectivity index is 1.18. The molecule has 2 fully saturated rings. The molecule has 0 bridgehead atoms. The molecule has 0 atom stereocenters. The second-order valence-electron chi connectivity index (χ2n) is 12.2. The number of benzene rings is 2. The van der Waals surface area contributed by atoms with E-state index >= 15 is 0 Å². The van der Waals surface area contributed by atoms with Crippen molar-refractivity contribution in [2.75, 3.05) is 75.4 Å². The zero-order valence-electron chi connectivity index (χ0n) is 26.1. The first kappa shape index (κ1) is 31.3. The van der Waals surface area contributed by atoms with Crippen molar-refractivity contribution in [3.05, 3.63) is 41.0 Å². The highest BCUT2D eigenvalue weighted by atomic mass is 35.5. The maximum Gasteiger partial charge on any atom is 0.229 e. The number of methoxy groups -OCH3 is 1. The first-order valence-electron chi connectivity index (χ1n) is 15.2. The van der Waals surface area contributed by atoms with Crippen molar-refractivity contribution < 1.29 is 18.8 Å². The molecule has 4 heterocycles. The smallest absolute Gasteiger partial charge is 0.229 e. The molecule has 0 unspecified atom stereocenters. The van der Waals surface area contributed by atoms with Gasteiger partial charge in [-0.1, -0.05) is 11.6 Å². The van der Waals surface area contributed by atoms with E-state index in [1.165, 1.54) is 6.20 Å². The van der Waals surface area contributed by atoms with Crippen molar-refractivity contribution in [2.45, 2.75) is 32.2 Å². The number of nitrogens with zero attached hydrogens (tertiary/aromatic N) is 5. The Hall–Kier alpha value is -3.71. The van der Waals surface area contributed by atoms with Gasteiger partial charge in [-0.3, -0.25) is 4.90 Å². The number of hydrogen-bond acceptors (Lipinski definition) is 11. The lowest BCUT2D eigenvalue weighted by molar-refractivity contribution is 0.0435. The summed E-state index contributed by atoms with van der Waals surface area (Å²) >= 11 is 6.53. The van der Waals surface area contributed by atoms with E-state index in [2.05, 4.69) is 55.5 Å². The minimum atomic E-state index is -2.78. The molecule has 1 aromatic heterocycles. The number of nitrogens with one attached hydrogen (secondary N) is 2. The third-order valence-electron chi connectivity index (χ3n) is 8.67. The predicted molar refractivity (Wildman–Crippen MR) is 178 cm³/mol. The summed E-state index contributed by atoms with van der Waals surface area (Å²) in [7, 11) is -1.13. The molecule has 3 aliphatic rings. The zero-order chi connectivity index (χ0) is 31.7. The summed E-state index contributed by atoms with van der Waals surface area (Å²) in [5.74, 6) is 2.95. The average Bonchev–Trinajstić information content (AvgIpc) is 3.00. The van der Waals surface area contributed by atoms with Crippen molar-refractivity contribution in [3.8, 4) is 23.3 Å². The molecule has 2 aromatic carbocycles. The van der Waals surface area contributed by atoms with Crippen molar-refractivity contribution in [1.29, 1.82) is 5.26 Å². The van der Waals surface area contributed by atoms with Crippen LogP contribution in [0.3, 0.4) is 0 Å². The molecule has 0 saturated carbocycles. The number of piperidine rings is 1. The van der Waals surface area contributed by atoms with E-state index in [0.717, 1.165) is 56.0 Å². The topological polar surface area (TPSA) is 125 Å². The number of hydrogen-bond donors (Lipinski definition) is 2. The van der Waals surface area contributed by atoms with Gasteiger partial charge in [-0.05, 0) is 62.8 Å². The van der Waals surface area contributed by atoms with Crippen LogP contribution in [0.4, 0.5) is 28.8 Å². The van der Waals surface area contributed by atoms with Crippen molar-refractivity contribution in [3.63, 3.8) is 0 Å². The quantitative estimate of drug-likeness (QED) is 0.274. The van der Waals surface area contributed by atoms with Crippen LogP contribution in [0.25, 0.3) is 0 Å². The third-order valence-corrected chi connectivity index (χ3v) is 10.5.